The highest BCUT2D eigenvalue weighted by Crippen LogP contribution is 2.37. The number of carboxylic acid groups (broad SMARTS) is 1. The first-order chi connectivity index (χ1) is 17.0. The van der Waals surface area contributed by atoms with Crippen LogP contribution >= 0.6 is 0 Å². The molecule has 4 N–H and O–H groups in total. The number of carboxylic acids is 1. The van der Waals surface area contributed by atoms with Gasteiger partial charge < -0.3 is 20.9 Å². The highest BCUT2D eigenvalue weighted by atomic mass is 19.4. The average molecular weight is 497 g/mol. The van der Waals surface area contributed by atoms with Crippen molar-refractivity contribution in [1.29, 1.82) is 0 Å². The zero-order valence-electron chi connectivity index (χ0n) is 19.5. The van der Waals surface area contributed by atoms with E-state index in [4.69, 9.17) is 15.6 Å². The van der Waals surface area contributed by atoms with Gasteiger partial charge in [-0.05, 0) is 49.7 Å². The number of aromatic carboxylic acids is 1. The van der Waals surface area contributed by atoms with Crippen LogP contribution in [0.4, 0.5) is 24.7 Å². The van der Waals surface area contributed by atoms with E-state index in [0.717, 1.165) is 12.1 Å². The lowest BCUT2D eigenvalue weighted by Crippen LogP contribution is -2.13. The zero-order valence-corrected chi connectivity index (χ0v) is 19.5. The first-order valence-electron chi connectivity index (χ1n) is 10.8. The Bertz CT molecular complexity index is 1460. The minimum Gasteiger partial charge on any atom is -0.496 e. The van der Waals surface area contributed by atoms with Gasteiger partial charge in [0.05, 0.1) is 24.2 Å². The SMILES string of the molecule is COc1cc2nc(C)nc(N[C@H](C)c3cc(N)cc(C(F)(F)F)c3)c2cc1-c1ccc(C(=O)O)nc1. The van der Waals surface area contributed by atoms with Crippen LogP contribution in [0, 0.1) is 6.92 Å². The van der Waals surface area contributed by atoms with Gasteiger partial charge in [0.15, 0.2) is 0 Å². The molecule has 0 aliphatic carbocycles. The molecule has 0 bridgehead atoms. The number of hydrogen-bond acceptors (Lipinski definition) is 7. The molecule has 0 unspecified atom stereocenters. The van der Waals surface area contributed by atoms with Crippen LogP contribution in [0.3, 0.4) is 0 Å². The van der Waals surface area contributed by atoms with Gasteiger partial charge in [-0.3, -0.25) is 0 Å². The van der Waals surface area contributed by atoms with Crippen LogP contribution in [0.1, 0.15) is 40.4 Å². The van der Waals surface area contributed by atoms with Gasteiger partial charge in [-0.2, -0.15) is 13.2 Å². The minimum atomic E-state index is -4.53. The fraction of sp³-hybridized carbons (Fsp3) is 0.200. The van der Waals surface area contributed by atoms with E-state index in [1.807, 2.05) is 0 Å². The quantitative estimate of drug-likeness (QED) is 0.299. The van der Waals surface area contributed by atoms with Crippen LogP contribution < -0.4 is 15.8 Å². The van der Waals surface area contributed by atoms with Crippen molar-refractivity contribution >= 4 is 28.4 Å². The second-order valence-corrected chi connectivity index (χ2v) is 8.18. The maximum absolute atomic E-state index is 13.3. The van der Waals surface area contributed by atoms with Crippen molar-refractivity contribution in [2.75, 3.05) is 18.2 Å². The van der Waals surface area contributed by atoms with E-state index in [2.05, 4.69) is 20.3 Å². The Morgan fingerprint density at radius 1 is 1.14 bits per heavy atom. The van der Waals surface area contributed by atoms with Gasteiger partial charge in [0.2, 0.25) is 0 Å². The molecule has 1 atom stereocenters. The van der Waals surface area contributed by atoms with E-state index in [0.29, 0.717) is 45.0 Å². The maximum Gasteiger partial charge on any atom is 0.416 e. The van der Waals surface area contributed by atoms with Gasteiger partial charge in [0.25, 0.3) is 0 Å². The predicted molar refractivity (Wildman–Crippen MR) is 129 cm³/mol. The molecule has 8 nitrogen and oxygen atoms in total. The summed E-state index contributed by atoms with van der Waals surface area (Å²) < 4.78 is 45.4. The predicted octanol–water partition coefficient (Wildman–Crippen LogP) is 5.48. The summed E-state index contributed by atoms with van der Waals surface area (Å²) in [6, 6.07) is 9.31. The summed E-state index contributed by atoms with van der Waals surface area (Å²) in [7, 11) is 1.50. The molecule has 186 valence electrons. The number of methoxy groups -OCH3 is 1. The van der Waals surface area contributed by atoms with Gasteiger partial charge in [-0.25, -0.2) is 19.7 Å². The summed E-state index contributed by atoms with van der Waals surface area (Å²) in [6.07, 6.45) is -3.11. The molecule has 0 radical (unpaired) electrons. The first kappa shape index (κ1) is 24.7. The fourth-order valence-electron chi connectivity index (χ4n) is 3.84. The highest BCUT2D eigenvalue weighted by Gasteiger charge is 2.31. The standard InChI is InChI=1S/C25H22F3N5O3/c1-12(15-6-16(25(26,27)28)8-17(29)7-15)31-23-19-9-18(14-4-5-20(24(34)35)30-11-14)22(36-3)10-21(19)32-13(2)33-23/h4-12H,29H2,1-3H3,(H,34,35)(H,31,32,33)/t12-/m1/s1. The van der Waals surface area contributed by atoms with Gasteiger partial charge in [-0.1, -0.05) is 6.07 Å². The van der Waals surface area contributed by atoms with E-state index in [-0.39, 0.29) is 11.4 Å². The number of nitrogens with one attached hydrogen (secondary N) is 1. The third kappa shape index (κ3) is 4.99. The monoisotopic (exact) mass is 497 g/mol. The molecule has 0 saturated carbocycles. The number of carbonyl (C=O) groups is 1. The van der Waals surface area contributed by atoms with Crippen molar-refractivity contribution in [3.8, 4) is 16.9 Å². The van der Waals surface area contributed by atoms with Gasteiger partial charge in [0.1, 0.15) is 23.1 Å². The number of nitrogens with zero attached hydrogens (tertiary/aromatic N) is 3. The summed E-state index contributed by atoms with van der Waals surface area (Å²) in [6.45, 7) is 3.41. The second kappa shape index (κ2) is 9.33. The third-order valence-corrected chi connectivity index (χ3v) is 5.58. The molecule has 0 spiro atoms. The number of aryl methyl sites for hydroxylation is 1. The average Bonchev–Trinajstić information content (AvgIpc) is 2.82. The Morgan fingerprint density at radius 2 is 1.89 bits per heavy atom. The molecule has 0 amide bonds. The van der Waals surface area contributed by atoms with Crippen molar-refractivity contribution < 1.29 is 27.8 Å². The maximum atomic E-state index is 13.3. The lowest BCUT2D eigenvalue weighted by Gasteiger charge is -2.20. The number of rotatable bonds is 6. The van der Waals surface area contributed by atoms with Crippen molar-refractivity contribution in [2.45, 2.75) is 26.1 Å². The normalized spacial score (nSPS) is 12.4. The molecule has 0 aliphatic rings. The summed E-state index contributed by atoms with van der Waals surface area (Å²) in [5, 5.41) is 12.9. The molecule has 36 heavy (non-hydrogen) atoms. The Kier molecular flexibility index (Phi) is 6.40. The van der Waals surface area contributed by atoms with Crippen molar-refractivity contribution in [2.24, 2.45) is 0 Å². The number of benzene rings is 2. The number of hydrogen-bond donors (Lipinski definition) is 3. The van der Waals surface area contributed by atoms with Crippen LogP contribution in [0.5, 0.6) is 5.75 Å². The summed E-state index contributed by atoms with van der Waals surface area (Å²) in [5.41, 5.74) is 6.91. The number of nitrogens with two attached hydrogens (primary N) is 1. The van der Waals surface area contributed by atoms with Crippen LogP contribution in [0.2, 0.25) is 0 Å². The number of halogens is 3. The molecule has 2 heterocycles. The Hall–Kier alpha value is -4.41. The van der Waals surface area contributed by atoms with E-state index >= 15 is 0 Å². The van der Waals surface area contributed by atoms with E-state index < -0.39 is 23.8 Å². The fourth-order valence-corrected chi connectivity index (χ4v) is 3.84. The molecular weight excluding hydrogens is 475 g/mol. The lowest BCUT2D eigenvalue weighted by molar-refractivity contribution is -0.137. The Balaban J connectivity index is 1.80. The number of alkyl halides is 3. The second-order valence-electron chi connectivity index (χ2n) is 8.18. The number of nitrogen functional groups attached to an aromatic ring is 1. The van der Waals surface area contributed by atoms with Crippen LogP contribution in [0.25, 0.3) is 22.0 Å². The molecule has 4 rings (SSSR count). The summed E-state index contributed by atoms with van der Waals surface area (Å²) in [5.74, 6) is 0.185. The van der Waals surface area contributed by atoms with Crippen LogP contribution in [0.15, 0.2) is 48.7 Å². The lowest BCUT2D eigenvalue weighted by atomic mass is 10.0. The molecular formula is C25H22F3N5O3. The van der Waals surface area contributed by atoms with Crippen molar-refractivity contribution in [3.63, 3.8) is 0 Å². The van der Waals surface area contributed by atoms with Crippen molar-refractivity contribution in [3.05, 3.63) is 71.3 Å². The third-order valence-electron chi connectivity index (χ3n) is 5.58. The van der Waals surface area contributed by atoms with Crippen LogP contribution in [-0.4, -0.2) is 33.1 Å². The number of aromatic nitrogens is 3. The Morgan fingerprint density at radius 3 is 2.50 bits per heavy atom. The molecule has 0 aliphatic heterocycles. The van der Waals surface area contributed by atoms with Crippen molar-refractivity contribution in [1.82, 2.24) is 15.0 Å². The van der Waals surface area contributed by atoms with Crippen LogP contribution in [-0.2, 0) is 6.18 Å². The minimum absolute atomic E-state index is 0.00142. The van der Waals surface area contributed by atoms with E-state index in [1.54, 1.807) is 32.0 Å². The van der Waals surface area contributed by atoms with Gasteiger partial charge >= 0.3 is 12.1 Å². The summed E-state index contributed by atoms with van der Waals surface area (Å²) in [4.78, 5) is 24.1. The smallest absolute Gasteiger partial charge is 0.416 e. The largest absolute Gasteiger partial charge is 0.496 e. The van der Waals surface area contributed by atoms with Gasteiger partial charge in [-0.15, -0.1) is 0 Å². The number of ether oxygens (including phenoxy) is 1. The molecule has 0 fully saturated rings. The molecule has 2 aromatic heterocycles. The molecule has 2 aromatic carbocycles. The molecule has 11 heteroatoms. The van der Waals surface area contributed by atoms with E-state index in [1.165, 1.54) is 25.4 Å². The van der Waals surface area contributed by atoms with Gasteiger partial charge in [0, 0.05) is 34.5 Å². The topological polar surface area (TPSA) is 123 Å². The van der Waals surface area contributed by atoms with E-state index in [9.17, 15) is 18.0 Å². The number of fused-ring (bicyclic) bond motifs is 1. The first-order valence-corrected chi connectivity index (χ1v) is 10.8. The molecule has 0 saturated heterocycles. The Labute approximate surface area is 204 Å². The highest BCUT2D eigenvalue weighted by molar-refractivity contribution is 5.95. The number of pyridine rings is 1. The molecule has 4 aromatic rings. The summed E-state index contributed by atoms with van der Waals surface area (Å²) >= 11 is 0. The zero-order chi connectivity index (χ0) is 26.2. The number of anilines is 2.